The predicted octanol–water partition coefficient (Wildman–Crippen LogP) is -0.0231. The van der Waals surface area contributed by atoms with Crippen molar-refractivity contribution in [2.45, 2.75) is 19.5 Å². The van der Waals surface area contributed by atoms with Crippen LogP contribution in [0.25, 0.3) is 0 Å². The van der Waals surface area contributed by atoms with Gasteiger partial charge in [0.05, 0.1) is 13.2 Å². The number of aromatic nitrogens is 2. The molecule has 0 bridgehead atoms. The molecule has 1 aliphatic heterocycles. The maximum Gasteiger partial charge on any atom is 0.323 e. The Morgan fingerprint density at radius 1 is 1.65 bits per heavy atom. The zero-order chi connectivity index (χ0) is 12.3. The Bertz CT molecular complexity index is 391. The topological polar surface area (TPSA) is 67.6 Å². The number of rotatable bonds is 4. The second-order valence-electron chi connectivity index (χ2n) is 4.13. The van der Waals surface area contributed by atoms with Crippen LogP contribution in [-0.2, 0) is 16.1 Å². The molecule has 0 spiro atoms. The summed E-state index contributed by atoms with van der Waals surface area (Å²) in [6, 6.07) is -0.521. The van der Waals surface area contributed by atoms with E-state index in [1.807, 2.05) is 22.6 Å². The fourth-order valence-corrected chi connectivity index (χ4v) is 2.01. The van der Waals surface area contributed by atoms with Gasteiger partial charge in [-0.15, -0.1) is 0 Å². The molecule has 6 heteroatoms. The highest BCUT2D eigenvalue weighted by Gasteiger charge is 2.28. The van der Waals surface area contributed by atoms with E-state index in [-0.39, 0.29) is 6.61 Å². The molecule has 1 atom stereocenters. The minimum absolute atomic E-state index is 0.276. The number of ether oxygens (including phenoxy) is 1. The zero-order valence-corrected chi connectivity index (χ0v) is 9.87. The third-order valence-corrected chi connectivity index (χ3v) is 3.08. The largest absolute Gasteiger partial charge is 0.480 e. The van der Waals surface area contributed by atoms with E-state index in [9.17, 15) is 4.79 Å². The molecule has 0 saturated carbocycles. The number of imidazole rings is 1. The van der Waals surface area contributed by atoms with E-state index < -0.39 is 12.0 Å². The number of morpholine rings is 1. The van der Waals surface area contributed by atoms with E-state index in [0.717, 1.165) is 12.4 Å². The van der Waals surface area contributed by atoms with E-state index in [0.29, 0.717) is 19.7 Å². The van der Waals surface area contributed by atoms with Gasteiger partial charge in [0, 0.05) is 32.0 Å². The lowest BCUT2D eigenvalue weighted by atomic mass is 10.2. The highest BCUT2D eigenvalue weighted by atomic mass is 16.5. The molecule has 0 amide bonds. The van der Waals surface area contributed by atoms with Gasteiger partial charge in [-0.1, -0.05) is 0 Å². The number of hydrogen-bond acceptors (Lipinski definition) is 4. The summed E-state index contributed by atoms with van der Waals surface area (Å²) in [5, 5.41) is 9.08. The number of hydrogen-bond donors (Lipinski definition) is 1. The van der Waals surface area contributed by atoms with E-state index in [4.69, 9.17) is 9.84 Å². The first-order valence-corrected chi connectivity index (χ1v) is 5.71. The van der Waals surface area contributed by atoms with Gasteiger partial charge < -0.3 is 14.4 Å². The molecule has 1 aliphatic rings. The lowest BCUT2D eigenvalue weighted by molar-refractivity contribution is -0.149. The molecule has 6 nitrogen and oxygen atoms in total. The van der Waals surface area contributed by atoms with Crippen LogP contribution in [0.4, 0.5) is 0 Å². The minimum Gasteiger partial charge on any atom is -0.480 e. The molecule has 1 fully saturated rings. The van der Waals surface area contributed by atoms with Gasteiger partial charge in [-0.3, -0.25) is 9.69 Å². The molecule has 1 saturated heterocycles. The smallest absolute Gasteiger partial charge is 0.323 e. The van der Waals surface area contributed by atoms with Crippen LogP contribution in [0.2, 0.25) is 0 Å². The monoisotopic (exact) mass is 239 g/mol. The summed E-state index contributed by atoms with van der Waals surface area (Å²) in [4.78, 5) is 17.1. The Morgan fingerprint density at radius 3 is 3.12 bits per heavy atom. The van der Waals surface area contributed by atoms with Gasteiger partial charge in [0.25, 0.3) is 0 Å². The summed E-state index contributed by atoms with van der Waals surface area (Å²) in [5.41, 5.74) is 0. The third-order valence-electron chi connectivity index (χ3n) is 3.08. The first-order valence-electron chi connectivity index (χ1n) is 5.71. The van der Waals surface area contributed by atoms with Gasteiger partial charge in [0.15, 0.2) is 0 Å². The molecule has 0 aromatic carbocycles. The summed E-state index contributed by atoms with van der Waals surface area (Å²) in [6.07, 6.45) is 3.66. The standard InChI is InChI=1S/C11H17N3O3/c1-9-12-2-3-13(9)4-5-14-6-7-17-8-10(14)11(15)16/h2-3,10H,4-8H2,1H3,(H,15,16). The molecule has 17 heavy (non-hydrogen) atoms. The van der Waals surface area contributed by atoms with Crippen LogP contribution in [0.1, 0.15) is 5.82 Å². The van der Waals surface area contributed by atoms with Crippen molar-refractivity contribution in [3.05, 3.63) is 18.2 Å². The van der Waals surface area contributed by atoms with Crippen molar-refractivity contribution in [3.63, 3.8) is 0 Å². The summed E-state index contributed by atoms with van der Waals surface area (Å²) in [6.45, 7) is 4.96. The predicted molar refractivity (Wildman–Crippen MR) is 60.8 cm³/mol. The highest BCUT2D eigenvalue weighted by molar-refractivity contribution is 5.73. The second kappa shape index (κ2) is 5.29. The number of carbonyl (C=O) groups is 1. The zero-order valence-electron chi connectivity index (χ0n) is 9.87. The molecular weight excluding hydrogens is 222 g/mol. The van der Waals surface area contributed by atoms with Crippen molar-refractivity contribution in [1.29, 1.82) is 0 Å². The maximum atomic E-state index is 11.1. The summed E-state index contributed by atoms with van der Waals surface area (Å²) < 4.78 is 7.21. The van der Waals surface area contributed by atoms with Crippen LogP contribution in [0.3, 0.4) is 0 Å². The van der Waals surface area contributed by atoms with Gasteiger partial charge in [-0.25, -0.2) is 4.98 Å². The van der Waals surface area contributed by atoms with Gasteiger partial charge >= 0.3 is 5.97 Å². The second-order valence-corrected chi connectivity index (χ2v) is 4.13. The number of aliphatic carboxylic acids is 1. The Kier molecular flexibility index (Phi) is 3.75. The van der Waals surface area contributed by atoms with E-state index in [2.05, 4.69) is 4.98 Å². The Morgan fingerprint density at radius 2 is 2.47 bits per heavy atom. The summed E-state index contributed by atoms with van der Waals surface area (Å²) in [5.74, 6) is 0.136. The van der Waals surface area contributed by atoms with E-state index in [1.165, 1.54) is 0 Å². The Labute approximate surface area is 99.8 Å². The van der Waals surface area contributed by atoms with Crippen LogP contribution < -0.4 is 0 Å². The summed E-state index contributed by atoms with van der Waals surface area (Å²) in [7, 11) is 0. The first-order chi connectivity index (χ1) is 8.18. The fraction of sp³-hybridized carbons (Fsp3) is 0.636. The molecular formula is C11H17N3O3. The normalized spacial score (nSPS) is 21.6. The minimum atomic E-state index is -0.813. The lowest BCUT2D eigenvalue weighted by Gasteiger charge is -2.32. The Balaban J connectivity index is 1.92. The number of aryl methyl sites for hydroxylation is 1. The van der Waals surface area contributed by atoms with Crippen LogP contribution in [0, 0.1) is 6.92 Å². The average molecular weight is 239 g/mol. The molecule has 1 unspecified atom stereocenters. The highest BCUT2D eigenvalue weighted by Crippen LogP contribution is 2.08. The van der Waals surface area contributed by atoms with Crippen molar-refractivity contribution in [2.75, 3.05) is 26.3 Å². The summed E-state index contributed by atoms with van der Waals surface area (Å²) >= 11 is 0. The molecule has 2 rings (SSSR count). The lowest BCUT2D eigenvalue weighted by Crippen LogP contribution is -2.50. The van der Waals surface area contributed by atoms with E-state index in [1.54, 1.807) is 6.20 Å². The molecule has 94 valence electrons. The van der Waals surface area contributed by atoms with Gasteiger partial charge in [0.2, 0.25) is 0 Å². The quantitative estimate of drug-likeness (QED) is 0.799. The third kappa shape index (κ3) is 2.83. The molecule has 0 aliphatic carbocycles. The van der Waals surface area contributed by atoms with Crippen LogP contribution in [-0.4, -0.2) is 57.9 Å². The van der Waals surface area contributed by atoms with Crippen molar-refractivity contribution < 1.29 is 14.6 Å². The van der Waals surface area contributed by atoms with Gasteiger partial charge in [-0.2, -0.15) is 0 Å². The Hall–Kier alpha value is -1.40. The fourth-order valence-electron chi connectivity index (χ4n) is 2.01. The van der Waals surface area contributed by atoms with Gasteiger partial charge in [0.1, 0.15) is 11.9 Å². The first kappa shape index (κ1) is 12.1. The van der Waals surface area contributed by atoms with Crippen molar-refractivity contribution in [1.82, 2.24) is 14.5 Å². The van der Waals surface area contributed by atoms with Crippen LogP contribution >= 0.6 is 0 Å². The molecule has 1 N–H and O–H groups in total. The van der Waals surface area contributed by atoms with Crippen LogP contribution in [0.5, 0.6) is 0 Å². The molecule has 1 aromatic heterocycles. The van der Waals surface area contributed by atoms with Gasteiger partial charge in [-0.05, 0) is 6.92 Å². The maximum absolute atomic E-state index is 11.1. The average Bonchev–Trinajstić information content (AvgIpc) is 2.72. The molecule has 1 aromatic rings. The number of carboxylic acids is 1. The number of carboxylic acid groups (broad SMARTS) is 1. The number of nitrogens with zero attached hydrogens (tertiary/aromatic N) is 3. The molecule has 0 radical (unpaired) electrons. The van der Waals surface area contributed by atoms with Crippen molar-refractivity contribution >= 4 is 5.97 Å². The van der Waals surface area contributed by atoms with Crippen molar-refractivity contribution in [3.8, 4) is 0 Å². The van der Waals surface area contributed by atoms with E-state index >= 15 is 0 Å². The van der Waals surface area contributed by atoms with Crippen molar-refractivity contribution in [2.24, 2.45) is 0 Å². The SMILES string of the molecule is Cc1nccn1CCN1CCOCC1C(=O)O. The van der Waals surface area contributed by atoms with Crippen LogP contribution in [0.15, 0.2) is 12.4 Å². The molecule has 2 heterocycles.